The van der Waals surface area contributed by atoms with E-state index >= 15 is 0 Å². The molecular formula is C31H29N5O2. The summed E-state index contributed by atoms with van der Waals surface area (Å²) in [6, 6.07) is 27.1. The van der Waals surface area contributed by atoms with Gasteiger partial charge in [0.05, 0.1) is 16.9 Å². The minimum Gasteiger partial charge on any atom is -0.397 e. The molecule has 1 aromatic heterocycles. The summed E-state index contributed by atoms with van der Waals surface area (Å²) in [5.74, 6) is 0.178. The molecule has 0 atom stereocenters. The lowest BCUT2D eigenvalue weighted by Crippen LogP contribution is -2.27. The van der Waals surface area contributed by atoms with Crippen LogP contribution in [0.25, 0.3) is 5.57 Å². The Hall–Kier alpha value is -4.91. The highest BCUT2D eigenvalue weighted by molar-refractivity contribution is 6.05. The zero-order chi connectivity index (χ0) is 26.3. The Labute approximate surface area is 221 Å². The number of pyridine rings is 1. The van der Waals surface area contributed by atoms with Crippen molar-refractivity contribution in [3.05, 3.63) is 125 Å². The molecule has 0 saturated heterocycles. The number of nitrogens with one attached hydrogen (secondary N) is 3. The van der Waals surface area contributed by atoms with E-state index in [1.807, 2.05) is 30.3 Å². The molecule has 2 amide bonds. The van der Waals surface area contributed by atoms with E-state index < -0.39 is 0 Å². The van der Waals surface area contributed by atoms with Crippen molar-refractivity contribution in [1.29, 1.82) is 0 Å². The largest absolute Gasteiger partial charge is 0.397 e. The summed E-state index contributed by atoms with van der Waals surface area (Å²) in [7, 11) is 0. The number of nitrogens with zero attached hydrogens (tertiary/aromatic N) is 1. The van der Waals surface area contributed by atoms with Gasteiger partial charge in [0.2, 0.25) is 5.91 Å². The molecule has 0 saturated carbocycles. The molecule has 5 rings (SSSR count). The van der Waals surface area contributed by atoms with Crippen molar-refractivity contribution in [2.45, 2.75) is 12.8 Å². The number of amides is 2. The van der Waals surface area contributed by atoms with Gasteiger partial charge in [-0.1, -0.05) is 60.7 Å². The van der Waals surface area contributed by atoms with E-state index in [0.29, 0.717) is 35.8 Å². The highest BCUT2D eigenvalue weighted by Gasteiger charge is 2.18. The number of carbonyl (C=O) groups is 2. The lowest BCUT2D eigenvalue weighted by atomic mass is 9.93. The molecule has 0 aliphatic heterocycles. The number of para-hydroxylation sites is 2. The summed E-state index contributed by atoms with van der Waals surface area (Å²) in [4.78, 5) is 29.6. The molecule has 0 radical (unpaired) electrons. The Morgan fingerprint density at radius 2 is 1.47 bits per heavy atom. The predicted octanol–water partition coefficient (Wildman–Crippen LogP) is 4.67. The minimum absolute atomic E-state index is 0.145. The van der Waals surface area contributed by atoms with Crippen LogP contribution in [-0.4, -0.2) is 29.9 Å². The molecule has 1 aliphatic rings. The first-order chi connectivity index (χ1) is 18.6. The number of nitrogens with two attached hydrogens (primary N) is 1. The molecule has 38 heavy (non-hydrogen) atoms. The van der Waals surface area contributed by atoms with Crippen molar-refractivity contribution in [2.75, 3.05) is 29.5 Å². The van der Waals surface area contributed by atoms with Crippen LogP contribution in [0.5, 0.6) is 0 Å². The minimum atomic E-state index is -0.288. The molecule has 1 heterocycles. The number of aromatic nitrogens is 1. The van der Waals surface area contributed by atoms with Crippen molar-refractivity contribution in [2.24, 2.45) is 0 Å². The Bertz CT molecular complexity index is 1440. The molecule has 0 spiro atoms. The van der Waals surface area contributed by atoms with Crippen LogP contribution in [0.2, 0.25) is 0 Å². The standard InChI is InChI=1S/C31H29N5O2/c32-27-11-5-6-12-28(27)36-31(38)23-15-16-29(35-20-23)33-17-18-34-30(37)19-26-24-9-3-1-7-21(24)13-14-22-8-2-4-10-25(22)26/h1-12,15-16,19-20H,13-14,17-18,32H2,(H,33,35)(H,34,37)(H,36,38). The quantitative estimate of drug-likeness (QED) is 0.166. The van der Waals surface area contributed by atoms with Crippen LogP contribution >= 0.6 is 0 Å². The third kappa shape index (κ3) is 5.73. The van der Waals surface area contributed by atoms with E-state index in [0.717, 1.165) is 29.5 Å². The zero-order valence-electron chi connectivity index (χ0n) is 20.9. The second kappa shape index (κ2) is 11.4. The second-order valence-corrected chi connectivity index (χ2v) is 9.06. The summed E-state index contributed by atoms with van der Waals surface area (Å²) in [5, 5.41) is 8.92. The molecule has 7 nitrogen and oxygen atoms in total. The Kier molecular flexibility index (Phi) is 7.45. The molecule has 0 bridgehead atoms. The zero-order valence-corrected chi connectivity index (χ0v) is 20.9. The maximum Gasteiger partial charge on any atom is 0.257 e. The number of hydrogen-bond acceptors (Lipinski definition) is 5. The molecule has 3 aromatic carbocycles. The van der Waals surface area contributed by atoms with Crippen molar-refractivity contribution in [3.8, 4) is 0 Å². The van der Waals surface area contributed by atoms with Gasteiger partial charge in [-0.05, 0) is 64.9 Å². The van der Waals surface area contributed by atoms with Gasteiger partial charge in [0.1, 0.15) is 5.82 Å². The lowest BCUT2D eigenvalue weighted by Gasteiger charge is -2.12. The average Bonchev–Trinajstić information content (AvgIpc) is 3.10. The number of benzene rings is 3. The maximum absolute atomic E-state index is 12.9. The highest BCUT2D eigenvalue weighted by atomic mass is 16.2. The fraction of sp³-hybridized carbons (Fsp3) is 0.129. The van der Waals surface area contributed by atoms with Crippen LogP contribution in [0.1, 0.15) is 32.6 Å². The molecular weight excluding hydrogens is 474 g/mol. The first-order valence-electron chi connectivity index (χ1n) is 12.6. The average molecular weight is 504 g/mol. The number of anilines is 3. The van der Waals surface area contributed by atoms with Crippen LogP contribution in [0.15, 0.2) is 97.2 Å². The fourth-order valence-corrected chi connectivity index (χ4v) is 4.57. The molecule has 0 unspecified atom stereocenters. The van der Waals surface area contributed by atoms with E-state index in [1.165, 1.54) is 17.3 Å². The van der Waals surface area contributed by atoms with Crippen LogP contribution in [0.4, 0.5) is 17.2 Å². The third-order valence-electron chi connectivity index (χ3n) is 6.52. The van der Waals surface area contributed by atoms with E-state index in [1.54, 1.807) is 36.4 Å². The van der Waals surface area contributed by atoms with E-state index in [4.69, 9.17) is 5.73 Å². The molecule has 190 valence electrons. The monoisotopic (exact) mass is 503 g/mol. The molecule has 4 aromatic rings. The van der Waals surface area contributed by atoms with Gasteiger partial charge < -0.3 is 21.7 Å². The van der Waals surface area contributed by atoms with E-state index in [-0.39, 0.29) is 11.8 Å². The normalized spacial score (nSPS) is 11.9. The van der Waals surface area contributed by atoms with Crippen molar-refractivity contribution in [1.82, 2.24) is 10.3 Å². The summed E-state index contributed by atoms with van der Waals surface area (Å²) >= 11 is 0. The van der Waals surface area contributed by atoms with Crippen molar-refractivity contribution >= 4 is 34.6 Å². The molecule has 5 N–H and O–H groups in total. The first-order valence-corrected chi connectivity index (χ1v) is 12.6. The van der Waals surface area contributed by atoms with E-state index in [9.17, 15) is 9.59 Å². The Morgan fingerprint density at radius 3 is 2.13 bits per heavy atom. The Morgan fingerprint density at radius 1 is 0.816 bits per heavy atom. The number of carbonyl (C=O) groups excluding carboxylic acids is 2. The Balaban J connectivity index is 1.17. The number of aryl methyl sites for hydroxylation is 2. The van der Waals surface area contributed by atoms with Crippen LogP contribution < -0.4 is 21.7 Å². The van der Waals surface area contributed by atoms with Crippen LogP contribution in [0.3, 0.4) is 0 Å². The summed E-state index contributed by atoms with van der Waals surface area (Å²) in [6.45, 7) is 0.907. The van der Waals surface area contributed by atoms with Crippen LogP contribution in [0, 0.1) is 0 Å². The van der Waals surface area contributed by atoms with Gasteiger partial charge in [0.25, 0.3) is 5.91 Å². The van der Waals surface area contributed by atoms with Gasteiger partial charge >= 0.3 is 0 Å². The van der Waals surface area contributed by atoms with Gasteiger partial charge in [-0.25, -0.2) is 4.98 Å². The molecule has 0 fully saturated rings. The number of rotatable bonds is 7. The SMILES string of the molecule is Nc1ccccc1NC(=O)c1ccc(NCCNC(=O)C=C2c3ccccc3CCc3ccccc32)nc1. The number of hydrogen-bond donors (Lipinski definition) is 4. The van der Waals surface area contributed by atoms with E-state index in [2.05, 4.69) is 45.2 Å². The van der Waals surface area contributed by atoms with Gasteiger partial charge in [-0.2, -0.15) is 0 Å². The highest BCUT2D eigenvalue weighted by Crippen LogP contribution is 2.33. The maximum atomic E-state index is 12.9. The lowest BCUT2D eigenvalue weighted by molar-refractivity contribution is -0.116. The van der Waals surface area contributed by atoms with Gasteiger partial charge in [0.15, 0.2) is 0 Å². The van der Waals surface area contributed by atoms with Gasteiger partial charge in [0, 0.05) is 25.4 Å². The van der Waals surface area contributed by atoms with Crippen molar-refractivity contribution < 1.29 is 9.59 Å². The summed E-state index contributed by atoms with van der Waals surface area (Å²) < 4.78 is 0. The van der Waals surface area contributed by atoms with Gasteiger partial charge in [-0.3, -0.25) is 9.59 Å². The van der Waals surface area contributed by atoms with Gasteiger partial charge in [-0.15, -0.1) is 0 Å². The number of nitrogen functional groups attached to an aromatic ring is 1. The predicted molar refractivity (Wildman–Crippen MR) is 152 cm³/mol. The summed E-state index contributed by atoms with van der Waals surface area (Å²) in [6.07, 6.45) is 5.10. The topological polar surface area (TPSA) is 109 Å². The third-order valence-corrected chi connectivity index (χ3v) is 6.52. The summed E-state index contributed by atoms with van der Waals surface area (Å²) in [5.41, 5.74) is 13.0. The van der Waals surface area contributed by atoms with Crippen LogP contribution in [-0.2, 0) is 17.6 Å². The molecule has 1 aliphatic carbocycles. The van der Waals surface area contributed by atoms with Crippen molar-refractivity contribution in [3.63, 3.8) is 0 Å². The fourth-order valence-electron chi connectivity index (χ4n) is 4.57. The second-order valence-electron chi connectivity index (χ2n) is 9.06. The molecule has 7 heteroatoms. The smallest absolute Gasteiger partial charge is 0.257 e. The number of fused-ring (bicyclic) bond motifs is 2. The first kappa shape index (κ1) is 24.8.